The van der Waals surface area contributed by atoms with Gasteiger partial charge in [0.15, 0.2) is 0 Å². The van der Waals surface area contributed by atoms with Gasteiger partial charge in [-0.1, -0.05) is 6.92 Å². The first-order valence-electron chi connectivity index (χ1n) is 7.57. The molecule has 1 aromatic rings. The fraction of sp³-hybridized carbons (Fsp3) is 0.625. The molecule has 0 spiro atoms. The van der Waals surface area contributed by atoms with E-state index in [2.05, 4.69) is 39.8 Å². The zero-order valence-electron chi connectivity index (χ0n) is 13.3. The summed E-state index contributed by atoms with van der Waals surface area (Å²) in [7, 11) is 2.00. The highest BCUT2D eigenvalue weighted by Crippen LogP contribution is 2.34. The molecule has 2 rings (SSSR count). The Hall–Kier alpha value is -1.10. The average molecular weight is 354 g/mol. The summed E-state index contributed by atoms with van der Waals surface area (Å²) in [6.07, 6.45) is 5.61. The summed E-state index contributed by atoms with van der Waals surface area (Å²) >= 11 is 3.55. The predicted octanol–water partition coefficient (Wildman–Crippen LogP) is 4.33. The number of rotatable bonds is 5. The molecule has 0 amide bonds. The molecule has 4 nitrogen and oxygen atoms in total. The number of hydrogen-bond acceptors (Lipinski definition) is 3. The molecule has 5 heteroatoms. The van der Waals surface area contributed by atoms with E-state index in [9.17, 15) is 0 Å². The third-order valence-corrected chi connectivity index (χ3v) is 4.49. The number of nitrogens with zero attached hydrogens (tertiary/aromatic N) is 3. The molecule has 2 atom stereocenters. The van der Waals surface area contributed by atoms with Crippen LogP contribution in [0.25, 0.3) is 0 Å². The summed E-state index contributed by atoms with van der Waals surface area (Å²) in [6.45, 7) is 7.26. The highest BCUT2D eigenvalue weighted by atomic mass is 79.9. The molecule has 0 saturated heterocycles. The molecule has 1 heterocycles. The third kappa shape index (κ3) is 4.43. The molecule has 1 saturated carbocycles. The normalized spacial score (nSPS) is 22.0. The fourth-order valence-electron chi connectivity index (χ4n) is 2.42. The van der Waals surface area contributed by atoms with Crippen LogP contribution in [0.4, 0.5) is 5.69 Å². The molecule has 1 fully saturated rings. The average Bonchev–Trinajstić information content (AvgIpc) is 2.86. The van der Waals surface area contributed by atoms with Crippen LogP contribution in [0.5, 0.6) is 5.88 Å². The van der Waals surface area contributed by atoms with E-state index in [0.29, 0.717) is 12.0 Å². The fourth-order valence-corrected chi connectivity index (χ4v) is 2.82. The number of ether oxygens (including phenoxy) is 1. The lowest BCUT2D eigenvalue weighted by Crippen LogP contribution is -2.14. The van der Waals surface area contributed by atoms with E-state index in [1.54, 1.807) is 0 Å². The van der Waals surface area contributed by atoms with Gasteiger partial charge in [-0.2, -0.15) is 0 Å². The SMILES string of the molecule is CCN(C)/C=N/c1cc(Br)c(OC2CCC(C)C2)nc1C. The zero-order chi connectivity index (χ0) is 15.4. The summed E-state index contributed by atoms with van der Waals surface area (Å²) in [6, 6.07) is 1.98. The molecule has 0 N–H and O–H groups in total. The summed E-state index contributed by atoms with van der Waals surface area (Å²) in [5.74, 6) is 1.44. The Kier molecular flexibility index (Phi) is 5.62. The van der Waals surface area contributed by atoms with Gasteiger partial charge in [0, 0.05) is 13.6 Å². The summed E-state index contributed by atoms with van der Waals surface area (Å²) in [5, 5.41) is 0. The number of halogens is 1. The van der Waals surface area contributed by atoms with Crippen LogP contribution in [0.2, 0.25) is 0 Å². The summed E-state index contributed by atoms with van der Waals surface area (Å²) < 4.78 is 6.91. The molecular weight excluding hydrogens is 330 g/mol. The Morgan fingerprint density at radius 2 is 2.29 bits per heavy atom. The Morgan fingerprint density at radius 1 is 1.52 bits per heavy atom. The molecule has 0 aromatic carbocycles. The van der Waals surface area contributed by atoms with E-state index in [1.165, 1.54) is 6.42 Å². The second kappa shape index (κ2) is 7.25. The van der Waals surface area contributed by atoms with Crippen molar-refractivity contribution in [1.29, 1.82) is 0 Å². The van der Waals surface area contributed by atoms with E-state index < -0.39 is 0 Å². The second-order valence-electron chi connectivity index (χ2n) is 5.86. The van der Waals surface area contributed by atoms with Gasteiger partial charge in [0.25, 0.3) is 0 Å². The first-order valence-corrected chi connectivity index (χ1v) is 8.37. The number of aromatic nitrogens is 1. The molecule has 0 bridgehead atoms. The van der Waals surface area contributed by atoms with E-state index in [0.717, 1.165) is 41.2 Å². The third-order valence-electron chi connectivity index (χ3n) is 3.93. The van der Waals surface area contributed by atoms with Crippen LogP contribution in [-0.2, 0) is 0 Å². The van der Waals surface area contributed by atoms with Gasteiger partial charge < -0.3 is 9.64 Å². The van der Waals surface area contributed by atoms with Crippen molar-refractivity contribution in [1.82, 2.24) is 9.88 Å². The molecule has 0 radical (unpaired) electrons. The number of aliphatic imine (C=N–C) groups is 1. The van der Waals surface area contributed by atoms with Crippen LogP contribution in [-0.4, -0.2) is 35.9 Å². The Bertz CT molecular complexity index is 518. The van der Waals surface area contributed by atoms with Gasteiger partial charge in [-0.05, 0) is 61.0 Å². The van der Waals surface area contributed by atoms with Crippen molar-refractivity contribution < 1.29 is 4.74 Å². The van der Waals surface area contributed by atoms with Crippen molar-refractivity contribution in [2.75, 3.05) is 13.6 Å². The summed E-state index contributed by atoms with van der Waals surface area (Å²) in [5.41, 5.74) is 1.76. The standard InChI is InChI=1S/C16H24BrN3O/c1-5-20(4)10-18-15-9-14(17)16(19-12(15)3)21-13-7-6-11(2)8-13/h9-11,13H,5-8H2,1-4H3/b18-10+. The first kappa shape index (κ1) is 16.3. The minimum Gasteiger partial charge on any atom is -0.474 e. The van der Waals surface area contributed by atoms with Crippen molar-refractivity contribution in [2.24, 2.45) is 10.9 Å². The van der Waals surface area contributed by atoms with Crippen LogP contribution >= 0.6 is 15.9 Å². The highest BCUT2D eigenvalue weighted by molar-refractivity contribution is 9.10. The van der Waals surface area contributed by atoms with Gasteiger partial charge in [0.05, 0.1) is 22.2 Å². The molecule has 21 heavy (non-hydrogen) atoms. The van der Waals surface area contributed by atoms with E-state index in [-0.39, 0.29) is 0 Å². The van der Waals surface area contributed by atoms with Crippen molar-refractivity contribution >= 4 is 28.0 Å². The maximum atomic E-state index is 6.04. The van der Waals surface area contributed by atoms with Crippen LogP contribution < -0.4 is 4.74 Å². The first-order chi connectivity index (χ1) is 9.99. The van der Waals surface area contributed by atoms with Crippen LogP contribution in [0.3, 0.4) is 0 Å². The van der Waals surface area contributed by atoms with Crippen LogP contribution in [0.15, 0.2) is 15.5 Å². The minimum absolute atomic E-state index is 0.295. The van der Waals surface area contributed by atoms with Gasteiger partial charge in [-0.25, -0.2) is 9.98 Å². The quantitative estimate of drug-likeness (QED) is 0.583. The lowest BCUT2D eigenvalue weighted by Gasteiger charge is -2.15. The molecule has 1 aromatic heterocycles. The van der Waals surface area contributed by atoms with Crippen LogP contribution in [0.1, 0.15) is 38.8 Å². The van der Waals surface area contributed by atoms with E-state index >= 15 is 0 Å². The van der Waals surface area contributed by atoms with Crippen molar-refractivity contribution in [3.63, 3.8) is 0 Å². The lowest BCUT2D eigenvalue weighted by molar-refractivity contribution is 0.195. The number of aryl methyl sites for hydroxylation is 1. The van der Waals surface area contributed by atoms with Gasteiger partial charge in [-0.15, -0.1) is 0 Å². The number of pyridine rings is 1. The van der Waals surface area contributed by atoms with Crippen molar-refractivity contribution in [2.45, 2.75) is 46.1 Å². The van der Waals surface area contributed by atoms with E-state index in [1.807, 2.05) is 31.3 Å². The monoisotopic (exact) mass is 353 g/mol. The van der Waals surface area contributed by atoms with Crippen molar-refractivity contribution in [3.05, 3.63) is 16.2 Å². The number of hydrogen-bond donors (Lipinski definition) is 0. The zero-order valence-corrected chi connectivity index (χ0v) is 14.9. The molecule has 1 aliphatic rings. The smallest absolute Gasteiger partial charge is 0.228 e. The van der Waals surface area contributed by atoms with Gasteiger partial charge in [-0.3, -0.25) is 0 Å². The molecule has 2 unspecified atom stereocenters. The largest absolute Gasteiger partial charge is 0.474 e. The maximum Gasteiger partial charge on any atom is 0.228 e. The van der Waals surface area contributed by atoms with E-state index in [4.69, 9.17) is 4.74 Å². The van der Waals surface area contributed by atoms with Crippen LogP contribution in [0, 0.1) is 12.8 Å². The predicted molar refractivity (Wildman–Crippen MR) is 90.6 cm³/mol. The topological polar surface area (TPSA) is 37.7 Å². The van der Waals surface area contributed by atoms with Crippen molar-refractivity contribution in [3.8, 4) is 5.88 Å². The highest BCUT2D eigenvalue weighted by Gasteiger charge is 2.24. The molecule has 0 aliphatic heterocycles. The Balaban J connectivity index is 2.11. The maximum absolute atomic E-state index is 6.04. The second-order valence-corrected chi connectivity index (χ2v) is 6.71. The lowest BCUT2D eigenvalue weighted by atomic mass is 10.1. The van der Waals surface area contributed by atoms with Gasteiger partial charge in [0.1, 0.15) is 6.10 Å². The minimum atomic E-state index is 0.295. The Labute approximate surface area is 135 Å². The molecular formula is C16H24BrN3O. The molecule has 116 valence electrons. The molecule has 1 aliphatic carbocycles. The Morgan fingerprint density at radius 3 is 2.90 bits per heavy atom. The van der Waals surface area contributed by atoms with Gasteiger partial charge >= 0.3 is 0 Å². The summed E-state index contributed by atoms with van der Waals surface area (Å²) in [4.78, 5) is 11.1. The van der Waals surface area contributed by atoms with Gasteiger partial charge in [0.2, 0.25) is 5.88 Å².